The number of aromatic nitrogens is 2. The van der Waals surface area contributed by atoms with E-state index in [0.29, 0.717) is 23.6 Å². The van der Waals surface area contributed by atoms with Crippen LogP contribution in [0.2, 0.25) is 0 Å². The number of pyridine rings is 2. The van der Waals surface area contributed by atoms with Gasteiger partial charge in [-0.3, -0.25) is 9.88 Å². The molecule has 5 rings (SSSR count). The monoisotopic (exact) mass is 467 g/mol. The zero-order valence-corrected chi connectivity index (χ0v) is 18.7. The predicted molar refractivity (Wildman–Crippen MR) is 122 cm³/mol. The lowest BCUT2D eigenvalue weighted by Crippen LogP contribution is -2.71. The zero-order chi connectivity index (χ0) is 23.7. The highest BCUT2D eigenvalue weighted by molar-refractivity contribution is 6.11. The molecule has 2 aliphatic heterocycles. The van der Waals surface area contributed by atoms with E-state index in [1.807, 2.05) is 18.2 Å². The Morgan fingerprint density at radius 3 is 2.50 bits per heavy atom. The van der Waals surface area contributed by atoms with Crippen molar-refractivity contribution in [3.8, 4) is 0 Å². The van der Waals surface area contributed by atoms with Gasteiger partial charge in [0, 0.05) is 67.8 Å². The summed E-state index contributed by atoms with van der Waals surface area (Å²) in [5.74, 6) is -2.32. The van der Waals surface area contributed by atoms with Gasteiger partial charge in [-0.25, -0.2) is 13.8 Å². The Morgan fingerprint density at radius 1 is 1.00 bits per heavy atom. The van der Waals surface area contributed by atoms with Gasteiger partial charge in [0.1, 0.15) is 12.3 Å². The average Bonchev–Trinajstić information content (AvgIpc) is 2.78. The molecule has 0 atom stereocenters. The van der Waals surface area contributed by atoms with Crippen LogP contribution in [-0.2, 0) is 11.4 Å². The third-order valence-electron chi connectivity index (χ3n) is 6.20. The van der Waals surface area contributed by atoms with Gasteiger partial charge in [0.2, 0.25) is 5.95 Å². The number of hydrogen-bond acceptors (Lipinski definition) is 6. The van der Waals surface area contributed by atoms with E-state index in [0.717, 1.165) is 56.1 Å². The zero-order valence-electron chi connectivity index (χ0n) is 18.7. The number of hydrogen-bond donors (Lipinski definition) is 0. The molecule has 0 aliphatic carbocycles. The standard InChI is InChI=1S/C25H24F3N5O/c1-2-34-31-24(18-4-5-20(26)21(27)9-18)22-6-3-17(11-30-22)12-32-13-25(14-32)15-33(16-25)19-7-8-29-23(28)10-19/h3-11H,2,12-16H2,1H3. The average molecular weight is 467 g/mol. The summed E-state index contributed by atoms with van der Waals surface area (Å²) >= 11 is 0. The van der Waals surface area contributed by atoms with E-state index < -0.39 is 17.6 Å². The molecule has 0 saturated carbocycles. The van der Waals surface area contributed by atoms with E-state index in [1.54, 1.807) is 13.1 Å². The van der Waals surface area contributed by atoms with E-state index in [4.69, 9.17) is 4.84 Å². The molecule has 2 fully saturated rings. The number of nitrogens with zero attached hydrogens (tertiary/aromatic N) is 5. The van der Waals surface area contributed by atoms with Gasteiger partial charge in [0.25, 0.3) is 0 Å². The minimum absolute atomic E-state index is 0.261. The minimum Gasteiger partial charge on any atom is -0.396 e. The largest absolute Gasteiger partial charge is 0.396 e. The highest BCUT2D eigenvalue weighted by atomic mass is 19.2. The van der Waals surface area contributed by atoms with Gasteiger partial charge in [0.05, 0.1) is 5.69 Å². The minimum atomic E-state index is -0.950. The van der Waals surface area contributed by atoms with Gasteiger partial charge in [-0.15, -0.1) is 0 Å². The third kappa shape index (κ3) is 4.48. The highest BCUT2D eigenvalue weighted by Gasteiger charge is 2.51. The Balaban J connectivity index is 1.20. The van der Waals surface area contributed by atoms with Crippen LogP contribution in [0.25, 0.3) is 0 Å². The Kier molecular flexibility index (Phi) is 5.95. The molecule has 0 bridgehead atoms. The molecule has 1 aromatic carbocycles. The first-order chi connectivity index (χ1) is 16.4. The van der Waals surface area contributed by atoms with Crippen LogP contribution in [-0.4, -0.2) is 53.4 Å². The molecule has 2 saturated heterocycles. The number of benzene rings is 1. The van der Waals surface area contributed by atoms with E-state index in [-0.39, 0.29) is 5.41 Å². The lowest BCUT2D eigenvalue weighted by atomic mass is 9.72. The van der Waals surface area contributed by atoms with Crippen molar-refractivity contribution in [2.24, 2.45) is 10.6 Å². The first-order valence-corrected chi connectivity index (χ1v) is 11.1. The van der Waals surface area contributed by atoms with Crippen molar-refractivity contribution >= 4 is 11.4 Å². The topological polar surface area (TPSA) is 53.9 Å². The lowest BCUT2D eigenvalue weighted by molar-refractivity contribution is -0.0274. The van der Waals surface area contributed by atoms with Crippen LogP contribution in [0.15, 0.2) is 60.0 Å². The second-order valence-electron chi connectivity index (χ2n) is 8.88. The van der Waals surface area contributed by atoms with Crippen molar-refractivity contribution in [1.82, 2.24) is 14.9 Å². The van der Waals surface area contributed by atoms with Crippen LogP contribution in [0.1, 0.15) is 23.7 Å². The molecule has 9 heteroatoms. The maximum Gasteiger partial charge on any atom is 0.214 e. The predicted octanol–water partition coefficient (Wildman–Crippen LogP) is 4.01. The fraction of sp³-hybridized carbons (Fsp3) is 0.320. The molecule has 4 heterocycles. The summed E-state index contributed by atoms with van der Waals surface area (Å²) in [5, 5.41) is 4.07. The maximum absolute atomic E-state index is 13.7. The van der Waals surface area contributed by atoms with Crippen LogP contribution in [0.4, 0.5) is 18.9 Å². The number of halogens is 3. The fourth-order valence-electron chi connectivity index (χ4n) is 4.69. The molecule has 3 aromatic rings. The normalized spacial score (nSPS) is 17.4. The Hall–Kier alpha value is -3.46. The van der Waals surface area contributed by atoms with E-state index in [2.05, 4.69) is 24.9 Å². The van der Waals surface area contributed by atoms with Crippen molar-refractivity contribution in [2.75, 3.05) is 37.7 Å². The number of rotatable bonds is 7. The van der Waals surface area contributed by atoms with Gasteiger partial charge >= 0.3 is 0 Å². The molecular formula is C25H24F3N5O. The fourth-order valence-corrected chi connectivity index (χ4v) is 4.69. The molecule has 1 spiro atoms. The van der Waals surface area contributed by atoms with Crippen molar-refractivity contribution < 1.29 is 18.0 Å². The Labute approximate surface area is 195 Å². The van der Waals surface area contributed by atoms with Gasteiger partial charge in [-0.1, -0.05) is 11.2 Å². The number of oxime groups is 1. The van der Waals surface area contributed by atoms with Crippen molar-refractivity contribution in [3.63, 3.8) is 0 Å². The van der Waals surface area contributed by atoms with E-state index in [9.17, 15) is 13.2 Å². The van der Waals surface area contributed by atoms with Crippen LogP contribution in [0, 0.1) is 23.0 Å². The molecule has 2 aliphatic rings. The van der Waals surface area contributed by atoms with Crippen LogP contribution in [0.5, 0.6) is 0 Å². The second-order valence-corrected chi connectivity index (χ2v) is 8.88. The molecule has 34 heavy (non-hydrogen) atoms. The molecule has 0 radical (unpaired) electrons. The Morgan fingerprint density at radius 2 is 1.82 bits per heavy atom. The summed E-state index contributed by atoms with van der Waals surface area (Å²) in [7, 11) is 0. The summed E-state index contributed by atoms with van der Waals surface area (Å²) in [6.45, 7) is 6.68. The lowest BCUT2D eigenvalue weighted by Gasteiger charge is -2.61. The molecule has 0 unspecified atom stereocenters. The molecule has 0 amide bonds. The Bertz CT molecular complexity index is 1200. The van der Waals surface area contributed by atoms with Crippen LogP contribution in [0.3, 0.4) is 0 Å². The quantitative estimate of drug-likeness (QED) is 0.299. The van der Waals surface area contributed by atoms with E-state index >= 15 is 0 Å². The third-order valence-corrected chi connectivity index (χ3v) is 6.20. The van der Waals surface area contributed by atoms with E-state index in [1.165, 1.54) is 18.3 Å². The summed E-state index contributed by atoms with van der Waals surface area (Å²) < 4.78 is 40.5. The van der Waals surface area contributed by atoms with Gasteiger partial charge < -0.3 is 9.74 Å². The molecule has 176 valence electrons. The molecule has 2 aromatic heterocycles. The summed E-state index contributed by atoms with van der Waals surface area (Å²) in [5.41, 5.74) is 3.44. The molecule has 0 N–H and O–H groups in total. The van der Waals surface area contributed by atoms with Crippen molar-refractivity contribution in [1.29, 1.82) is 0 Å². The smallest absolute Gasteiger partial charge is 0.214 e. The van der Waals surface area contributed by atoms with Crippen LogP contribution >= 0.6 is 0 Å². The number of anilines is 1. The van der Waals surface area contributed by atoms with Gasteiger partial charge in [-0.2, -0.15) is 4.39 Å². The van der Waals surface area contributed by atoms with Crippen molar-refractivity contribution in [2.45, 2.75) is 13.5 Å². The second kappa shape index (κ2) is 9.06. The molecule has 6 nitrogen and oxygen atoms in total. The first-order valence-electron chi connectivity index (χ1n) is 11.1. The number of likely N-dealkylation sites (tertiary alicyclic amines) is 1. The maximum atomic E-state index is 13.7. The molecular weight excluding hydrogens is 443 g/mol. The van der Waals surface area contributed by atoms with Gasteiger partial charge in [0.15, 0.2) is 11.6 Å². The summed E-state index contributed by atoms with van der Waals surface area (Å²) in [6, 6.07) is 10.7. The first kappa shape index (κ1) is 22.3. The van der Waals surface area contributed by atoms with Crippen molar-refractivity contribution in [3.05, 3.63) is 89.3 Å². The van der Waals surface area contributed by atoms with Gasteiger partial charge in [-0.05, 0) is 42.8 Å². The van der Waals surface area contributed by atoms with Crippen LogP contribution < -0.4 is 4.90 Å². The SMILES string of the molecule is CCON=C(c1ccc(F)c(F)c1)c1ccc(CN2CC3(C2)CN(c2ccnc(F)c2)C3)cn1. The summed E-state index contributed by atoms with van der Waals surface area (Å²) in [4.78, 5) is 17.8. The highest BCUT2D eigenvalue weighted by Crippen LogP contribution is 2.42. The summed E-state index contributed by atoms with van der Waals surface area (Å²) in [6.07, 6.45) is 3.27.